The summed E-state index contributed by atoms with van der Waals surface area (Å²) in [5.41, 5.74) is 10.1. The van der Waals surface area contributed by atoms with Crippen LogP contribution in [0.5, 0.6) is 0 Å². The monoisotopic (exact) mass is 460 g/mol. The lowest BCUT2D eigenvalue weighted by atomic mass is 9.95. The first kappa shape index (κ1) is 23.1. The Balaban J connectivity index is 0.000000148. The summed E-state index contributed by atoms with van der Waals surface area (Å²) in [7, 11) is 0. The summed E-state index contributed by atoms with van der Waals surface area (Å²) in [4.78, 5) is 0. The SMILES string of the molecule is c1ccc(-c2ccc(-c3ccccc3)cc2)cc1.c1ccc(-c2ccccc2-c2ccccc2)cc1. The summed E-state index contributed by atoms with van der Waals surface area (Å²) in [5.74, 6) is 0. The number of hydrogen-bond acceptors (Lipinski definition) is 0. The molecular formula is C36H28. The van der Waals surface area contributed by atoms with Crippen molar-refractivity contribution in [3.8, 4) is 44.5 Å². The number of rotatable bonds is 4. The Morgan fingerprint density at radius 3 is 0.694 bits per heavy atom. The quantitative estimate of drug-likeness (QED) is 0.245. The Morgan fingerprint density at radius 2 is 0.389 bits per heavy atom. The van der Waals surface area contributed by atoms with E-state index < -0.39 is 0 Å². The summed E-state index contributed by atoms with van der Waals surface area (Å²) in [5, 5.41) is 0. The highest BCUT2D eigenvalue weighted by molar-refractivity contribution is 5.83. The van der Waals surface area contributed by atoms with Crippen molar-refractivity contribution in [1.29, 1.82) is 0 Å². The van der Waals surface area contributed by atoms with Gasteiger partial charge in [-0.15, -0.1) is 0 Å². The predicted octanol–water partition coefficient (Wildman–Crippen LogP) is 10.0. The van der Waals surface area contributed by atoms with Gasteiger partial charge in [-0.2, -0.15) is 0 Å². The van der Waals surface area contributed by atoms with Gasteiger partial charge in [-0.3, -0.25) is 0 Å². The van der Waals surface area contributed by atoms with E-state index in [1.807, 2.05) is 12.1 Å². The first-order valence-corrected chi connectivity index (χ1v) is 12.3. The van der Waals surface area contributed by atoms with Crippen LogP contribution in [0.3, 0.4) is 0 Å². The van der Waals surface area contributed by atoms with Crippen molar-refractivity contribution in [2.45, 2.75) is 0 Å². The van der Waals surface area contributed by atoms with Crippen LogP contribution in [0.15, 0.2) is 170 Å². The van der Waals surface area contributed by atoms with Gasteiger partial charge in [0.2, 0.25) is 0 Å². The second-order valence-electron chi connectivity index (χ2n) is 8.59. The number of hydrogen-bond donors (Lipinski definition) is 0. The lowest BCUT2D eigenvalue weighted by Gasteiger charge is -2.09. The van der Waals surface area contributed by atoms with E-state index in [0.717, 1.165) is 0 Å². The normalized spacial score (nSPS) is 10.2. The van der Waals surface area contributed by atoms with E-state index in [9.17, 15) is 0 Å². The lowest BCUT2D eigenvalue weighted by Crippen LogP contribution is -1.83. The predicted molar refractivity (Wildman–Crippen MR) is 155 cm³/mol. The molecule has 0 saturated carbocycles. The molecule has 0 N–H and O–H groups in total. The molecule has 0 amide bonds. The van der Waals surface area contributed by atoms with Crippen molar-refractivity contribution in [3.63, 3.8) is 0 Å². The highest BCUT2D eigenvalue weighted by Gasteiger charge is 2.05. The Bertz CT molecular complexity index is 1350. The molecule has 0 aromatic heterocycles. The van der Waals surface area contributed by atoms with E-state index in [2.05, 4.69) is 158 Å². The molecule has 6 rings (SSSR count). The maximum atomic E-state index is 2.18. The summed E-state index contributed by atoms with van der Waals surface area (Å²) >= 11 is 0. The van der Waals surface area contributed by atoms with Crippen molar-refractivity contribution < 1.29 is 0 Å². The molecule has 172 valence electrons. The molecule has 0 nitrogen and oxygen atoms in total. The third kappa shape index (κ3) is 5.68. The van der Waals surface area contributed by atoms with E-state index in [0.29, 0.717) is 0 Å². The molecule has 36 heavy (non-hydrogen) atoms. The molecule has 0 radical (unpaired) electrons. The second-order valence-corrected chi connectivity index (χ2v) is 8.59. The van der Waals surface area contributed by atoms with Gasteiger partial charge < -0.3 is 0 Å². The molecule has 0 fully saturated rings. The molecule has 6 aromatic rings. The van der Waals surface area contributed by atoms with Crippen LogP contribution in [0.4, 0.5) is 0 Å². The van der Waals surface area contributed by atoms with Gasteiger partial charge >= 0.3 is 0 Å². The first-order valence-electron chi connectivity index (χ1n) is 12.3. The molecule has 0 heteroatoms. The summed E-state index contributed by atoms with van der Waals surface area (Å²) in [6.07, 6.45) is 0. The molecule has 0 atom stereocenters. The summed E-state index contributed by atoms with van der Waals surface area (Å²) in [6.45, 7) is 0. The van der Waals surface area contributed by atoms with E-state index in [1.54, 1.807) is 0 Å². The molecule has 0 saturated heterocycles. The van der Waals surface area contributed by atoms with Crippen LogP contribution < -0.4 is 0 Å². The molecule has 0 bridgehead atoms. The third-order valence-electron chi connectivity index (χ3n) is 6.20. The van der Waals surface area contributed by atoms with E-state index in [1.165, 1.54) is 44.5 Å². The first-order chi connectivity index (χ1) is 17.9. The Labute approximate surface area is 214 Å². The van der Waals surface area contributed by atoms with Crippen LogP contribution >= 0.6 is 0 Å². The second kappa shape index (κ2) is 11.6. The van der Waals surface area contributed by atoms with Gasteiger partial charge in [0.1, 0.15) is 0 Å². The van der Waals surface area contributed by atoms with Gasteiger partial charge in [0.05, 0.1) is 0 Å². The standard InChI is InChI=1S/2C18H14/c1-3-9-15(10-4-1)17-13-7-8-14-18(17)16-11-5-2-6-12-16;1-3-7-15(8-4-1)17-11-13-18(14-12-17)16-9-5-2-6-10-16/h2*1-14H. The van der Waals surface area contributed by atoms with Gasteiger partial charge in [-0.25, -0.2) is 0 Å². The maximum absolute atomic E-state index is 2.18. The average Bonchev–Trinajstić information content (AvgIpc) is 2.99. The third-order valence-corrected chi connectivity index (χ3v) is 6.20. The smallest absolute Gasteiger partial charge is 0.0105 e. The minimum Gasteiger partial charge on any atom is -0.0622 e. The van der Waals surface area contributed by atoms with Crippen molar-refractivity contribution in [1.82, 2.24) is 0 Å². The van der Waals surface area contributed by atoms with Gasteiger partial charge in [-0.1, -0.05) is 170 Å². The van der Waals surface area contributed by atoms with Gasteiger partial charge in [-0.05, 0) is 44.5 Å². The fourth-order valence-electron chi connectivity index (χ4n) is 4.34. The van der Waals surface area contributed by atoms with Crippen molar-refractivity contribution in [2.75, 3.05) is 0 Å². The summed E-state index contributed by atoms with van der Waals surface area (Å²) in [6, 6.07) is 59.2. The minimum atomic E-state index is 1.26. The van der Waals surface area contributed by atoms with Gasteiger partial charge in [0.25, 0.3) is 0 Å². The fraction of sp³-hybridized carbons (Fsp3) is 0. The highest BCUT2D eigenvalue weighted by atomic mass is 14.1. The average molecular weight is 461 g/mol. The van der Waals surface area contributed by atoms with Crippen molar-refractivity contribution >= 4 is 0 Å². The Morgan fingerprint density at radius 1 is 0.167 bits per heavy atom. The zero-order valence-corrected chi connectivity index (χ0v) is 20.2. The van der Waals surface area contributed by atoms with Crippen LogP contribution in [-0.2, 0) is 0 Å². The van der Waals surface area contributed by atoms with Crippen LogP contribution in [-0.4, -0.2) is 0 Å². The molecule has 6 aromatic carbocycles. The molecule has 0 aliphatic heterocycles. The van der Waals surface area contributed by atoms with E-state index in [4.69, 9.17) is 0 Å². The fourth-order valence-corrected chi connectivity index (χ4v) is 4.34. The zero-order chi connectivity index (χ0) is 24.4. The van der Waals surface area contributed by atoms with Crippen molar-refractivity contribution in [2.24, 2.45) is 0 Å². The Kier molecular flexibility index (Phi) is 7.46. The van der Waals surface area contributed by atoms with Crippen LogP contribution in [0.1, 0.15) is 0 Å². The molecule has 0 aliphatic carbocycles. The molecule has 0 unspecified atom stereocenters. The Hall–Kier alpha value is -4.68. The van der Waals surface area contributed by atoms with Crippen LogP contribution in [0.25, 0.3) is 44.5 Å². The summed E-state index contributed by atoms with van der Waals surface area (Å²) < 4.78 is 0. The maximum Gasteiger partial charge on any atom is -0.0105 e. The molecule has 0 heterocycles. The molecular weight excluding hydrogens is 432 g/mol. The van der Waals surface area contributed by atoms with Gasteiger partial charge in [0, 0.05) is 0 Å². The minimum absolute atomic E-state index is 1.26. The van der Waals surface area contributed by atoms with Crippen LogP contribution in [0, 0.1) is 0 Å². The molecule has 0 aliphatic rings. The van der Waals surface area contributed by atoms with Crippen molar-refractivity contribution in [3.05, 3.63) is 170 Å². The van der Waals surface area contributed by atoms with E-state index in [-0.39, 0.29) is 0 Å². The van der Waals surface area contributed by atoms with Crippen LogP contribution in [0.2, 0.25) is 0 Å². The zero-order valence-electron chi connectivity index (χ0n) is 20.2. The van der Waals surface area contributed by atoms with E-state index >= 15 is 0 Å². The molecule has 0 spiro atoms. The number of benzene rings is 6. The van der Waals surface area contributed by atoms with Gasteiger partial charge in [0.15, 0.2) is 0 Å². The highest BCUT2D eigenvalue weighted by Crippen LogP contribution is 2.31. The lowest BCUT2D eigenvalue weighted by molar-refractivity contribution is 1.58. The topological polar surface area (TPSA) is 0 Å². The largest absolute Gasteiger partial charge is 0.0622 e.